The molecule has 0 saturated heterocycles. The molecule has 1 aromatic carbocycles. The highest BCUT2D eigenvalue weighted by molar-refractivity contribution is 6.10. The quantitative estimate of drug-likeness (QED) is 0.624. The van der Waals surface area contributed by atoms with E-state index in [0.717, 1.165) is 39.8 Å². The second-order valence-electron chi connectivity index (χ2n) is 7.26. The van der Waals surface area contributed by atoms with Gasteiger partial charge in [-0.15, -0.1) is 0 Å². The molecule has 0 spiro atoms. The average Bonchev–Trinajstić information content (AvgIpc) is 2.82. The molecule has 0 atom stereocenters. The summed E-state index contributed by atoms with van der Waals surface area (Å²) in [6, 6.07) is 8.16. The number of aromatic nitrogens is 2. The molecule has 22 heavy (non-hydrogen) atoms. The predicted molar refractivity (Wildman–Crippen MR) is 88.5 cm³/mol. The van der Waals surface area contributed by atoms with Gasteiger partial charge in [-0.05, 0) is 24.8 Å². The number of ketones is 1. The highest BCUT2D eigenvalue weighted by Gasteiger charge is 2.37. The monoisotopic (exact) mass is 292 g/mol. The van der Waals surface area contributed by atoms with E-state index >= 15 is 0 Å². The van der Waals surface area contributed by atoms with Gasteiger partial charge >= 0.3 is 0 Å². The SMILES string of the molecule is Cc1c2c3ccccc3nc-2c2c(n1C)CC(C)(C)CC2=O. The van der Waals surface area contributed by atoms with Gasteiger partial charge in [-0.1, -0.05) is 32.0 Å². The van der Waals surface area contributed by atoms with Crippen molar-refractivity contribution in [2.24, 2.45) is 12.5 Å². The third-order valence-electron chi connectivity index (χ3n) is 5.00. The Hall–Kier alpha value is -2.16. The fourth-order valence-electron chi connectivity index (χ4n) is 3.85. The third kappa shape index (κ3) is 1.68. The van der Waals surface area contributed by atoms with Crippen LogP contribution in [0.2, 0.25) is 0 Å². The van der Waals surface area contributed by atoms with Gasteiger partial charge in [0.2, 0.25) is 0 Å². The number of fused-ring (bicyclic) bond motifs is 5. The van der Waals surface area contributed by atoms with Crippen molar-refractivity contribution in [3.8, 4) is 11.3 Å². The summed E-state index contributed by atoms with van der Waals surface area (Å²) >= 11 is 0. The van der Waals surface area contributed by atoms with E-state index < -0.39 is 0 Å². The Balaban J connectivity index is 2.17. The minimum Gasteiger partial charge on any atom is -0.350 e. The van der Waals surface area contributed by atoms with Crippen molar-refractivity contribution in [3.63, 3.8) is 0 Å². The smallest absolute Gasteiger partial charge is 0.167 e. The number of hydrogen-bond donors (Lipinski definition) is 0. The lowest BCUT2D eigenvalue weighted by atomic mass is 9.74. The van der Waals surface area contributed by atoms with Crippen molar-refractivity contribution in [2.75, 3.05) is 0 Å². The molecule has 0 amide bonds. The minimum absolute atomic E-state index is 0.0218. The lowest BCUT2D eigenvalue weighted by molar-refractivity contribution is 0.0908. The number of pyridine rings is 1. The molecular weight excluding hydrogens is 272 g/mol. The molecule has 4 rings (SSSR count). The van der Waals surface area contributed by atoms with E-state index in [1.807, 2.05) is 18.2 Å². The molecule has 0 saturated carbocycles. The van der Waals surface area contributed by atoms with Gasteiger partial charge in [0.15, 0.2) is 5.78 Å². The number of benzene rings is 1. The summed E-state index contributed by atoms with van der Waals surface area (Å²) in [6.45, 7) is 6.47. The van der Waals surface area contributed by atoms with Crippen LogP contribution in [0.5, 0.6) is 0 Å². The summed E-state index contributed by atoms with van der Waals surface area (Å²) < 4.78 is 2.20. The fraction of sp³-hybridized carbons (Fsp3) is 0.368. The summed E-state index contributed by atoms with van der Waals surface area (Å²) in [7, 11) is 2.07. The number of carbonyl (C=O) groups excluding carboxylic acids is 1. The lowest BCUT2D eigenvalue weighted by Gasteiger charge is -2.33. The van der Waals surface area contributed by atoms with Crippen molar-refractivity contribution in [1.82, 2.24) is 9.55 Å². The number of rotatable bonds is 0. The topological polar surface area (TPSA) is 34.9 Å². The molecule has 3 nitrogen and oxygen atoms in total. The normalized spacial score (nSPS) is 17.2. The minimum atomic E-state index is 0.0218. The summed E-state index contributed by atoms with van der Waals surface area (Å²) in [6.07, 6.45) is 1.52. The fourth-order valence-corrected chi connectivity index (χ4v) is 3.85. The summed E-state index contributed by atoms with van der Waals surface area (Å²) in [5.41, 5.74) is 6.19. The first-order valence-electron chi connectivity index (χ1n) is 7.79. The van der Waals surface area contributed by atoms with Crippen LogP contribution in [0.25, 0.3) is 22.2 Å². The van der Waals surface area contributed by atoms with Crippen LogP contribution in [0.15, 0.2) is 24.3 Å². The Bertz CT molecular complexity index is 902. The third-order valence-corrected chi connectivity index (χ3v) is 5.00. The maximum absolute atomic E-state index is 12.8. The van der Waals surface area contributed by atoms with Crippen molar-refractivity contribution >= 4 is 16.7 Å². The molecule has 0 radical (unpaired) electrons. The first kappa shape index (κ1) is 13.5. The summed E-state index contributed by atoms with van der Waals surface area (Å²) in [5, 5.41) is 1.14. The number of carbonyl (C=O) groups is 1. The van der Waals surface area contributed by atoms with Crippen molar-refractivity contribution in [1.29, 1.82) is 0 Å². The van der Waals surface area contributed by atoms with Gasteiger partial charge in [-0.25, -0.2) is 4.98 Å². The number of nitrogens with zero attached hydrogens (tertiary/aromatic N) is 2. The first-order chi connectivity index (χ1) is 10.4. The molecule has 1 aromatic rings. The van der Waals surface area contributed by atoms with E-state index in [1.54, 1.807) is 0 Å². The maximum atomic E-state index is 12.8. The highest BCUT2D eigenvalue weighted by atomic mass is 16.1. The number of hydrogen-bond acceptors (Lipinski definition) is 2. The van der Waals surface area contributed by atoms with Crippen LogP contribution >= 0.6 is 0 Å². The largest absolute Gasteiger partial charge is 0.350 e. The van der Waals surface area contributed by atoms with Gasteiger partial charge < -0.3 is 4.57 Å². The van der Waals surface area contributed by atoms with Crippen molar-refractivity contribution in [3.05, 3.63) is 41.2 Å². The van der Waals surface area contributed by atoms with Crippen LogP contribution < -0.4 is 0 Å². The molecule has 2 heterocycles. The molecule has 0 N–H and O–H groups in total. The molecule has 0 bridgehead atoms. The average molecular weight is 292 g/mol. The molecule has 2 aliphatic heterocycles. The van der Waals surface area contributed by atoms with E-state index in [2.05, 4.69) is 38.5 Å². The maximum Gasteiger partial charge on any atom is 0.167 e. The zero-order valence-corrected chi connectivity index (χ0v) is 13.5. The van der Waals surface area contributed by atoms with E-state index in [9.17, 15) is 4.79 Å². The molecule has 1 aliphatic carbocycles. The standard InChI is InChI=1S/C19H20N2O/c1-11-16-12-7-5-6-8-13(12)20-18(16)17-14(21(11)4)9-19(2,3)10-15(17)22/h5-8H,9-10H2,1-4H3. The zero-order valence-electron chi connectivity index (χ0n) is 13.5. The van der Waals surface area contributed by atoms with Crippen LogP contribution in [0.4, 0.5) is 0 Å². The predicted octanol–water partition coefficient (Wildman–Crippen LogP) is 4.14. The van der Waals surface area contributed by atoms with Gasteiger partial charge in [-0.2, -0.15) is 0 Å². The Labute approximate surface area is 130 Å². The number of para-hydroxylation sites is 1. The van der Waals surface area contributed by atoms with E-state index in [0.29, 0.717) is 6.42 Å². The van der Waals surface area contributed by atoms with Crippen molar-refractivity contribution < 1.29 is 4.79 Å². The first-order valence-corrected chi connectivity index (χ1v) is 7.79. The Kier molecular flexibility index (Phi) is 2.57. The van der Waals surface area contributed by atoms with Gasteiger partial charge in [-0.3, -0.25) is 4.79 Å². The molecule has 0 fully saturated rings. The van der Waals surface area contributed by atoms with E-state index in [4.69, 9.17) is 4.98 Å². The molecule has 3 heteroatoms. The zero-order chi connectivity index (χ0) is 15.6. The molecule has 0 unspecified atom stereocenters. The van der Waals surface area contributed by atoms with Crippen LogP contribution in [0.1, 0.15) is 42.0 Å². The second kappa shape index (κ2) is 4.19. The van der Waals surface area contributed by atoms with Crippen molar-refractivity contribution in [2.45, 2.75) is 33.6 Å². The van der Waals surface area contributed by atoms with E-state index in [1.165, 1.54) is 5.69 Å². The van der Waals surface area contributed by atoms with Crippen LogP contribution in [0, 0.1) is 12.3 Å². The molecular formula is C19H20N2O. The number of Topliss-reactive ketones (excluding diaryl/α,β-unsaturated/α-hetero) is 1. The highest BCUT2D eigenvalue weighted by Crippen LogP contribution is 2.43. The van der Waals surface area contributed by atoms with Crippen LogP contribution in [-0.4, -0.2) is 15.3 Å². The lowest BCUT2D eigenvalue weighted by Crippen LogP contribution is -2.31. The second-order valence-corrected chi connectivity index (χ2v) is 7.26. The van der Waals surface area contributed by atoms with Crippen LogP contribution in [-0.2, 0) is 13.5 Å². The van der Waals surface area contributed by atoms with Crippen LogP contribution in [0.3, 0.4) is 0 Å². The van der Waals surface area contributed by atoms with Gasteiger partial charge in [0.1, 0.15) is 0 Å². The Morgan fingerprint density at radius 2 is 1.86 bits per heavy atom. The molecule has 0 aromatic heterocycles. The molecule has 112 valence electrons. The van der Waals surface area contributed by atoms with Gasteiger partial charge in [0.05, 0.1) is 16.8 Å². The summed E-state index contributed by atoms with van der Waals surface area (Å²) in [4.78, 5) is 17.6. The summed E-state index contributed by atoms with van der Waals surface area (Å²) in [5.74, 6) is 0.231. The molecule has 3 aliphatic rings. The Morgan fingerprint density at radius 1 is 1.14 bits per heavy atom. The Morgan fingerprint density at radius 3 is 2.64 bits per heavy atom. The van der Waals surface area contributed by atoms with E-state index in [-0.39, 0.29) is 11.2 Å². The van der Waals surface area contributed by atoms with Gasteiger partial charge in [0.25, 0.3) is 0 Å². The van der Waals surface area contributed by atoms with Gasteiger partial charge in [0, 0.05) is 35.8 Å².